The Balaban J connectivity index is 2.37. The standard InChI is InChI=1S/C15H19NO5S/c1-3-21-15(18)13-5-4-10-16(14(13)17)22(19,20)12-8-6-11(2)7-9-12/h6-9,13H,3-5,10H2,1-2H3/i13D. The van der Waals surface area contributed by atoms with Crippen molar-refractivity contribution in [2.45, 2.75) is 31.6 Å². The third kappa shape index (κ3) is 3.14. The fourth-order valence-electron chi connectivity index (χ4n) is 2.23. The van der Waals surface area contributed by atoms with Crippen LogP contribution in [0.3, 0.4) is 0 Å². The molecule has 0 bridgehead atoms. The third-order valence-corrected chi connectivity index (χ3v) is 5.20. The Bertz CT molecular complexity index is 716. The van der Waals surface area contributed by atoms with E-state index in [1.54, 1.807) is 19.1 Å². The Morgan fingerprint density at radius 1 is 1.41 bits per heavy atom. The van der Waals surface area contributed by atoms with Gasteiger partial charge in [-0.1, -0.05) is 17.7 Å². The molecule has 1 fully saturated rings. The lowest BCUT2D eigenvalue weighted by molar-refractivity contribution is -0.155. The van der Waals surface area contributed by atoms with E-state index in [4.69, 9.17) is 6.11 Å². The van der Waals surface area contributed by atoms with Crippen LogP contribution in [-0.2, 0) is 24.3 Å². The molecule has 0 N–H and O–H groups in total. The number of benzene rings is 1. The topological polar surface area (TPSA) is 80.8 Å². The molecule has 0 spiro atoms. The smallest absolute Gasteiger partial charge is 0.318 e. The quantitative estimate of drug-likeness (QED) is 0.618. The first-order chi connectivity index (χ1) is 10.7. The van der Waals surface area contributed by atoms with E-state index in [1.165, 1.54) is 12.1 Å². The van der Waals surface area contributed by atoms with Gasteiger partial charge in [0, 0.05) is 6.54 Å². The van der Waals surface area contributed by atoms with Gasteiger partial charge >= 0.3 is 5.97 Å². The zero-order valence-corrected chi connectivity index (χ0v) is 13.4. The summed E-state index contributed by atoms with van der Waals surface area (Å²) >= 11 is 0. The van der Waals surface area contributed by atoms with Gasteiger partial charge in [-0.3, -0.25) is 9.59 Å². The summed E-state index contributed by atoms with van der Waals surface area (Å²) in [4.78, 5) is 24.4. The molecule has 0 saturated carbocycles. The number of esters is 1. The lowest BCUT2D eigenvalue weighted by Crippen LogP contribution is -2.47. The predicted molar refractivity (Wildman–Crippen MR) is 79.4 cm³/mol. The molecule has 2 rings (SSSR count). The molecule has 1 heterocycles. The predicted octanol–water partition coefficient (Wildman–Crippen LogP) is 1.49. The van der Waals surface area contributed by atoms with Gasteiger partial charge in [0.2, 0.25) is 0 Å². The van der Waals surface area contributed by atoms with Gasteiger partial charge in [0.05, 0.1) is 12.9 Å². The number of hydrogen-bond donors (Lipinski definition) is 0. The normalized spacial score (nSPS) is 23.1. The molecule has 7 heteroatoms. The maximum Gasteiger partial charge on any atom is 0.318 e. The highest BCUT2D eigenvalue weighted by Crippen LogP contribution is 2.26. The number of carbonyl (C=O) groups is 2. The molecule has 22 heavy (non-hydrogen) atoms. The van der Waals surface area contributed by atoms with Crippen LogP contribution < -0.4 is 0 Å². The lowest BCUT2D eigenvalue weighted by atomic mass is 9.99. The van der Waals surface area contributed by atoms with Gasteiger partial charge in [-0.05, 0) is 38.8 Å². The maximum absolute atomic E-state index is 12.6. The fourth-order valence-corrected chi connectivity index (χ4v) is 3.67. The molecule has 1 unspecified atom stereocenters. The van der Waals surface area contributed by atoms with Crippen LogP contribution in [0.4, 0.5) is 0 Å². The number of nitrogens with zero attached hydrogens (tertiary/aromatic N) is 1. The molecule has 1 saturated heterocycles. The van der Waals surface area contributed by atoms with E-state index in [-0.39, 0.29) is 30.9 Å². The highest BCUT2D eigenvalue weighted by Gasteiger charge is 2.41. The summed E-state index contributed by atoms with van der Waals surface area (Å²) in [5.74, 6) is -4.26. The number of ether oxygens (including phenoxy) is 1. The van der Waals surface area contributed by atoms with Crippen molar-refractivity contribution in [2.24, 2.45) is 5.89 Å². The van der Waals surface area contributed by atoms with Crippen molar-refractivity contribution in [3.05, 3.63) is 29.8 Å². The summed E-state index contributed by atoms with van der Waals surface area (Å²) < 4.78 is 38.8. The van der Waals surface area contributed by atoms with E-state index < -0.39 is 27.8 Å². The molecular formula is C15H19NO5S. The van der Waals surface area contributed by atoms with Crippen molar-refractivity contribution in [2.75, 3.05) is 13.2 Å². The molecule has 0 aromatic heterocycles. The van der Waals surface area contributed by atoms with Crippen LogP contribution in [0.2, 0.25) is 0 Å². The van der Waals surface area contributed by atoms with Crippen molar-refractivity contribution < 1.29 is 24.1 Å². The molecule has 1 amide bonds. The monoisotopic (exact) mass is 326 g/mol. The van der Waals surface area contributed by atoms with Crippen LogP contribution >= 0.6 is 0 Å². The van der Waals surface area contributed by atoms with E-state index in [9.17, 15) is 18.0 Å². The van der Waals surface area contributed by atoms with Crippen LogP contribution in [0.15, 0.2) is 29.2 Å². The Kier molecular flexibility index (Phi) is 4.42. The summed E-state index contributed by atoms with van der Waals surface area (Å²) in [5.41, 5.74) is 0.885. The first kappa shape index (κ1) is 15.0. The average Bonchev–Trinajstić information content (AvgIpc) is 2.50. The summed E-state index contributed by atoms with van der Waals surface area (Å²) in [6.45, 7) is 3.36. The van der Waals surface area contributed by atoms with E-state index in [1.807, 2.05) is 6.92 Å². The molecular weight excluding hydrogens is 306 g/mol. The summed E-state index contributed by atoms with van der Waals surface area (Å²) in [5, 5.41) is 0. The van der Waals surface area contributed by atoms with Crippen molar-refractivity contribution in [3.63, 3.8) is 0 Å². The van der Waals surface area contributed by atoms with Gasteiger partial charge in [0.1, 0.15) is 5.89 Å². The number of amides is 1. The second kappa shape index (κ2) is 6.48. The Labute approximate surface area is 131 Å². The number of piperidine rings is 1. The number of carbonyl (C=O) groups excluding carboxylic acids is 2. The number of sulfonamides is 1. The number of aryl methyl sites for hydroxylation is 1. The molecule has 1 aromatic carbocycles. The minimum Gasteiger partial charge on any atom is -0.465 e. The molecule has 1 atom stereocenters. The van der Waals surface area contributed by atoms with Crippen molar-refractivity contribution in [3.8, 4) is 0 Å². The number of hydrogen-bond acceptors (Lipinski definition) is 5. The summed E-state index contributed by atoms with van der Waals surface area (Å²) in [7, 11) is -4.09. The minimum absolute atomic E-state index is 0.0253. The first-order valence-corrected chi connectivity index (χ1v) is 8.48. The van der Waals surface area contributed by atoms with Crippen molar-refractivity contribution in [1.29, 1.82) is 0 Å². The second-order valence-corrected chi connectivity index (χ2v) is 6.86. The summed E-state index contributed by atoms with van der Waals surface area (Å²) in [6.07, 6.45) is 0.184. The van der Waals surface area contributed by atoms with Crippen LogP contribution in [0.1, 0.15) is 26.7 Å². The third-order valence-electron chi connectivity index (χ3n) is 3.40. The van der Waals surface area contributed by atoms with E-state index in [0.717, 1.165) is 5.56 Å². The van der Waals surface area contributed by atoms with Gasteiger partial charge in [0.15, 0.2) is 0 Å². The molecule has 1 aliphatic heterocycles. The molecule has 120 valence electrons. The van der Waals surface area contributed by atoms with Crippen molar-refractivity contribution in [1.82, 2.24) is 4.31 Å². The van der Waals surface area contributed by atoms with Gasteiger partial charge < -0.3 is 4.74 Å². The van der Waals surface area contributed by atoms with E-state index in [0.29, 0.717) is 4.31 Å². The molecule has 0 aliphatic carbocycles. The maximum atomic E-state index is 12.6. The van der Waals surface area contributed by atoms with Gasteiger partial charge in [0.25, 0.3) is 15.9 Å². The first-order valence-electron chi connectivity index (χ1n) is 7.54. The molecule has 1 aromatic rings. The lowest BCUT2D eigenvalue weighted by Gasteiger charge is -2.30. The number of rotatable bonds is 4. The van der Waals surface area contributed by atoms with E-state index >= 15 is 0 Å². The van der Waals surface area contributed by atoms with Gasteiger partial charge in [-0.25, -0.2) is 12.7 Å². The minimum atomic E-state index is -4.09. The SMILES string of the molecule is [2H]C1(C(=O)OCC)CCCN(S(=O)(=O)c2ccc(C)cc2)C1=O. The van der Waals surface area contributed by atoms with Gasteiger partial charge in [-0.15, -0.1) is 0 Å². The average molecular weight is 326 g/mol. The Morgan fingerprint density at radius 2 is 2.05 bits per heavy atom. The van der Waals surface area contributed by atoms with Gasteiger partial charge in [-0.2, -0.15) is 0 Å². The van der Waals surface area contributed by atoms with E-state index in [2.05, 4.69) is 0 Å². The zero-order chi connectivity index (χ0) is 17.3. The molecule has 1 aliphatic rings. The van der Waals surface area contributed by atoms with Crippen LogP contribution in [-0.4, -0.2) is 37.8 Å². The fraction of sp³-hybridized carbons (Fsp3) is 0.467. The zero-order valence-electron chi connectivity index (χ0n) is 13.5. The second-order valence-electron chi connectivity index (χ2n) is 5.00. The van der Waals surface area contributed by atoms with Crippen LogP contribution in [0, 0.1) is 12.8 Å². The van der Waals surface area contributed by atoms with Crippen LogP contribution in [0.5, 0.6) is 0 Å². The highest BCUT2D eigenvalue weighted by molar-refractivity contribution is 7.89. The highest BCUT2D eigenvalue weighted by atomic mass is 32.2. The summed E-state index contributed by atoms with van der Waals surface area (Å²) in [6, 6.07) is 6.06. The Morgan fingerprint density at radius 3 is 2.64 bits per heavy atom. The molecule has 0 radical (unpaired) electrons. The largest absolute Gasteiger partial charge is 0.465 e. The van der Waals surface area contributed by atoms with Crippen LogP contribution in [0.25, 0.3) is 0 Å². The molecule has 6 nitrogen and oxygen atoms in total. The van der Waals surface area contributed by atoms with Crippen molar-refractivity contribution >= 4 is 21.9 Å². The Hall–Kier alpha value is -1.89.